The van der Waals surface area contributed by atoms with Crippen LogP contribution in [0.5, 0.6) is 5.88 Å². The lowest BCUT2D eigenvalue weighted by atomic mass is 10.1. The Labute approximate surface area is 123 Å². The van der Waals surface area contributed by atoms with Crippen molar-refractivity contribution in [1.29, 1.82) is 0 Å². The Morgan fingerprint density at radius 1 is 1.19 bits per heavy atom. The first-order valence-electron chi connectivity index (χ1n) is 6.63. The van der Waals surface area contributed by atoms with E-state index in [-0.39, 0.29) is 11.7 Å². The van der Waals surface area contributed by atoms with Crippen LogP contribution in [-0.4, -0.2) is 54.8 Å². The van der Waals surface area contributed by atoms with Gasteiger partial charge in [-0.15, -0.1) is 5.10 Å². The summed E-state index contributed by atoms with van der Waals surface area (Å²) < 4.78 is 15.8. The number of nitrogens with zero attached hydrogens (tertiary/aromatic N) is 3. The summed E-state index contributed by atoms with van der Waals surface area (Å²) in [5.41, 5.74) is 7.56. The number of amidine groups is 1. The Morgan fingerprint density at radius 2 is 1.95 bits per heavy atom. The Morgan fingerprint density at radius 3 is 2.62 bits per heavy atom. The number of rotatable bonds is 9. The minimum Gasteiger partial charge on any atom is -0.474 e. The summed E-state index contributed by atoms with van der Waals surface area (Å²) in [5.74, 6) is 0.176. The van der Waals surface area contributed by atoms with Gasteiger partial charge in [-0.05, 0) is 25.8 Å². The Bertz CT molecular complexity index is 479. The molecule has 1 rings (SSSR count). The highest BCUT2D eigenvalue weighted by molar-refractivity contribution is 6.00. The first-order chi connectivity index (χ1) is 10.1. The van der Waals surface area contributed by atoms with E-state index >= 15 is 0 Å². The molecule has 1 aromatic rings. The number of ether oxygens (including phenoxy) is 3. The van der Waals surface area contributed by atoms with E-state index in [1.807, 2.05) is 6.92 Å². The van der Waals surface area contributed by atoms with Crippen LogP contribution < -0.4 is 10.5 Å². The summed E-state index contributed by atoms with van der Waals surface area (Å²) in [6, 6.07) is 0. The molecule has 118 valence electrons. The maximum Gasteiger partial charge on any atom is 0.245 e. The third-order valence-corrected chi connectivity index (χ3v) is 2.89. The quantitative estimate of drug-likeness (QED) is 0.226. The molecule has 0 bridgehead atoms. The molecule has 0 aromatic carbocycles. The van der Waals surface area contributed by atoms with Crippen LogP contribution in [0, 0.1) is 13.8 Å². The monoisotopic (exact) mass is 298 g/mol. The number of oxime groups is 1. The van der Waals surface area contributed by atoms with E-state index in [0.717, 1.165) is 12.0 Å². The molecule has 3 N–H and O–H groups in total. The van der Waals surface area contributed by atoms with E-state index in [9.17, 15) is 0 Å². The van der Waals surface area contributed by atoms with E-state index in [2.05, 4.69) is 15.4 Å². The molecule has 1 aromatic heterocycles. The van der Waals surface area contributed by atoms with Crippen molar-refractivity contribution >= 4 is 5.84 Å². The number of aryl methyl sites for hydroxylation is 1. The highest BCUT2D eigenvalue weighted by Gasteiger charge is 2.16. The first-order valence-corrected chi connectivity index (χ1v) is 6.63. The molecular weight excluding hydrogens is 276 g/mol. The van der Waals surface area contributed by atoms with Gasteiger partial charge >= 0.3 is 0 Å². The van der Waals surface area contributed by atoms with Gasteiger partial charge in [0.25, 0.3) is 0 Å². The van der Waals surface area contributed by atoms with Crippen molar-refractivity contribution in [2.75, 3.05) is 33.5 Å². The van der Waals surface area contributed by atoms with E-state index in [0.29, 0.717) is 37.7 Å². The van der Waals surface area contributed by atoms with Crippen LogP contribution in [0.2, 0.25) is 0 Å². The van der Waals surface area contributed by atoms with E-state index in [1.54, 1.807) is 14.0 Å². The summed E-state index contributed by atoms with van der Waals surface area (Å²) in [7, 11) is 1.65. The van der Waals surface area contributed by atoms with Crippen LogP contribution in [-0.2, 0) is 9.47 Å². The van der Waals surface area contributed by atoms with Gasteiger partial charge in [-0.25, -0.2) is 0 Å². The third kappa shape index (κ3) is 5.16. The van der Waals surface area contributed by atoms with Crippen LogP contribution in [0.1, 0.15) is 23.2 Å². The molecule has 0 aliphatic heterocycles. The van der Waals surface area contributed by atoms with Gasteiger partial charge in [0.1, 0.15) is 6.61 Å². The second kappa shape index (κ2) is 9.09. The topological polar surface area (TPSA) is 112 Å². The predicted octanol–water partition coefficient (Wildman–Crippen LogP) is 0.620. The maximum absolute atomic E-state index is 8.84. The largest absolute Gasteiger partial charge is 0.474 e. The smallest absolute Gasteiger partial charge is 0.245 e. The molecule has 0 aliphatic carbocycles. The predicted molar refractivity (Wildman–Crippen MR) is 76.8 cm³/mol. The van der Waals surface area contributed by atoms with Crippen molar-refractivity contribution in [1.82, 2.24) is 10.2 Å². The van der Waals surface area contributed by atoms with Crippen molar-refractivity contribution in [2.45, 2.75) is 20.3 Å². The van der Waals surface area contributed by atoms with Gasteiger partial charge in [-0.3, -0.25) is 0 Å². The van der Waals surface area contributed by atoms with Crippen molar-refractivity contribution in [2.24, 2.45) is 10.9 Å². The fourth-order valence-electron chi connectivity index (χ4n) is 1.64. The molecule has 8 nitrogen and oxygen atoms in total. The molecule has 0 aliphatic rings. The number of methoxy groups -OCH3 is 1. The van der Waals surface area contributed by atoms with Gasteiger partial charge in [-0.1, -0.05) is 5.16 Å². The molecule has 0 fully saturated rings. The molecule has 0 saturated carbocycles. The zero-order chi connectivity index (χ0) is 15.7. The molecule has 0 unspecified atom stereocenters. The minimum atomic E-state index is -0.0542. The Balaban J connectivity index is 2.57. The summed E-state index contributed by atoms with van der Waals surface area (Å²) in [5, 5.41) is 19.8. The van der Waals surface area contributed by atoms with Crippen LogP contribution >= 0.6 is 0 Å². The summed E-state index contributed by atoms with van der Waals surface area (Å²) in [6.45, 7) is 5.58. The highest BCUT2D eigenvalue weighted by atomic mass is 16.5. The first kappa shape index (κ1) is 17.1. The molecule has 21 heavy (non-hydrogen) atoms. The Hall–Kier alpha value is -1.93. The van der Waals surface area contributed by atoms with E-state index in [4.69, 9.17) is 25.2 Å². The number of hydrogen-bond acceptors (Lipinski definition) is 7. The standard InChI is InChI=1S/C13H22N4O4/c1-9-10(2)15-16-13(11(9)12(14)17-18)21-8-7-20-6-4-5-19-3/h18H,4-8H2,1-3H3,(H2,14,17). The second-order valence-corrected chi connectivity index (χ2v) is 4.38. The summed E-state index contributed by atoms with van der Waals surface area (Å²) in [6.07, 6.45) is 0.829. The van der Waals surface area contributed by atoms with Gasteiger partial charge < -0.3 is 25.2 Å². The molecular formula is C13H22N4O4. The van der Waals surface area contributed by atoms with E-state index in [1.165, 1.54) is 0 Å². The molecule has 0 spiro atoms. The molecule has 1 heterocycles. The summed E-state index contributed by atoms with van der Waals surface area (Å²) in [4.78, 5) is 0. The number of nitrogens with two attached hydrogens (primary N) is 1. The number of hydrogen-bond donors (Lipinski definition) is 2. The molecule has 0 atom stereocenters. The summed E-state index contributed by atoms with van der Waals surface area (Å²) >= 11 is 0. The lowest BCUT2D eigenvalue weighted by molar-refractivity contribution is 0.0792. The molecule has 8 heteroatoms. The third-order valence-electron chi connectivity index (χ3n) is 2.89. The van der Waals surface area contributed by atoms with Crippen LogP contribution in [0.15, 0.2) is 5.16 Å². The van der Waals surface area contributed by atoms with Gasteiger partial charge in [0.05, 0.1) is 17.9 Å². The van der Waals surface area contributed by atoms with Crippen molar-refractivity contribution in [3.63, 3.8) is 0 Å². The zero-order valence-electron chi connectivity index (χ0n) is 12.6. The molecule has 0 saturated heterocycles. The number of aromatic nitrogens is 2. The van der Waals surface area contributed by atoms with Crippen LogP contribution in [0.25, 0.3) is 0 Å². The van der Waals surface area contributed by atoms with Gasteiger partial charge in [0.2, 0.25) is 5.88 Å². The average Bonchev–Trinajstić information content (AvgIpc) is 2.49. The van der Waals surface area contributed by atoms with Crippen molar-refractivity contribution in [3.8, 4) is 5.88 Å². The average molecular weight is 298 g/mol. The van der Waals surface area contributed by atoms with E-state index < -0.39 is 0 Å². The molecule has 0 radical (unpaired) electrons. The highest BCUT2D eigenvalue weighted by Crippen LogP contribution is 2.20. The normalized spacial score (nSPS) is 11.7. The van der Waals surface area contributed by atoms with Crippen molar-refractivity contribution in [3.05, 3.63) is 16.8 Å². The SMILES string of the molecule is COCCCOCCOc1nnc(C)c(C)c1C(N)=NO. The van der Waals surface area contributed by atoms with Crippen LogP contribution in [0.4, 0.5) is 0 Å². The van der Waals surface area contributed by atoms with Gasteiger partial charge in [-0.2, -0.15) is 5.10 Å². The second-order valence-electron chi connectivity index (χ2n) is 4.38. The Kier molecular flexibility index (Phi) is 7.41. The van der Waals surface area contributed by atoms with Gasteiger partial charge in [0, 0.05) is 20.3 Å². The van der Waals surface area contributed by atoms with Crippen LogP contribution in [0.3, 0.4) is 0 Å². The lowest BCUT2D eigenvalue weighted by Gasteiger charge is -2.12. The zero-order valence-corrected chi connectivity index (χ0v) is 12.6. The maximum atomic E-state index is 8.84. The fourth-order valence-corrected chi connectivity index (χ4v) is 1.64. The van der Waals surface area contributed by atoms with Crippen molar-refractivity contribution < 1.29 is 19.4 Å². The lowest BCUT2D eigenvalue weighted by Crippen LogP contribution is -2.20. The molecule has 0 amide bonds. The minimum absolute atomic E-state index is 0.0542. The fraction of sp³-hybridized carbons (Fsp3) is 0.615. The van der Waals surface area contributed by atoms with Gasteiger partial charge in [0.15, 0.2) is 5.84 Å².